The highest BCUT2D eigenvalue weighted by atomic mass is 32.1. The van der Waals surface area contributed by atoms with Crippen LogP contribution in [-0.2, 0) is 20.8 Å². The molecule has 1 fully saturated rings. The Morgan fingerprint density at radius 2 is 2.00 bits per heavy atom. The number of aryl methyl sites for hydroxylation is 1. The molecular weight excluding hydrogens is 488 g/mol. The lowest BCUT2D eigenvalue weighted by atomic mass is 10.0. The van der Waals surface area contributed by atoms with E-state index in [4.69, 9.17) is 9.47 Å². The van der Waals surface area contributed by atoms with Gasteiger partial charge in [-0.2, -0.15) is 0 Å². The van der Waals surface area contributed by atoms with Gasteiger partial charge < -0.3 is 25.4 Å². The monoisotopic (exact) mass is 516 g/mol. The number of anilines is 1. The van der Waals surface area contributed by atoms with Crippen molar-refractivity contribution in [2.75, 3.05) is 18.5 Å². The molecule has 3 aromatic rings. The normalized spacial score (nSPS) is 16.9. The fourth-order valence-corrected chi connectivity index (χ4v) is 5.49. The van der Waals surface area contributed by atoms with Gasteiger partial charge in [-0.25, -0.2) is 0 Å². The molecule has 2 amide bonds. The van der Waals surface area contributed by atoms with E-state index in [2.05, 4.69) is 27.0 Å². The van der Waals surface area contributed by atoms with Crippen LogP contribution in [0.5, 0.6) is 0 Å². The Bertz CT molecular complexity index is 1430. The van der Waals surface area contributed by atoms with Gasteiger partial charge in [-0.05, 0) is 54.6 Å². The second-order valence-corrected chi connectivity index (χ2v) is 9.80. The number of nitrogens with zero attached hydrogens (tertiary/aromatic N) is 1. The maximum Gasteiger partial charge on any atom is 0.267 e. The minimum absolute atomic E-state index is 0.193. The number of para-hydroxylation sites is 1. The Balaban J connectivity index is 1.33. The van der Waals surface area contributed by atoms with Crippen LogP contribution in [-0.4, -0.2) is 36.3 Å². The SMILES string of the molecule is Cc1csc(C(=O)NC2=CC=C(NC=O)C(C3(C)OCCO3)=CC2)c1NCc1ccnc2ccccc12. The van der Waals surface area contributed by atoms with Crippen molar-refractivity contribution in [2.45, 2.75) is 32.6 Å². The number of hydrogen-bond donors (Lipinski definition) is 3. The zero-order valence-corrected chi connectivity index (χ0v) is 21.5. The minimum atomic E-state index is -0.950. The number of amides is 2. The van der Waals surface area contributed by atoms with E-state index >= 15 is 0 Å². The van der Waals surface area contributed by atoms with E-state index in [1.807, 2.05) is 49.6 Å². The topological polar surface area (TPSA) is 102 Å². The molecule has 8 nitrogen and oxygen atoms in total. The number of hydrogen-bond acceptors (Lipinski definition) is 7. The standard InChI is InChI=1S/C28H28N4O4S/c1-18-16-37-26(25(18)30-15-19-11-12-29-23-6-4-3-5-21(19)23)27(34)32-20-7-9-22(24(10-8-20)31-17-33)28(2)35-13-14-36-28/h3-6,8-12,16-17,30H,7,13-15H2,1-2H3,(H,31,33)(H,32,34). The molecule has 0 radical (unpaired) electrons. The van der Waals surface area contributed by atoms with Crippen molar-refractivity contribution in [2.24, 2.45) is 0 Å². The lowest BCUT2D eigenvalue weighted by Gasteiger charge is -2.27. The number of allylic oxidation sites excluding steroid dienone is 3. The summed E-state index contributed by atoms with van der Waals surface area (Å²) in [6.07, 6.45) is 8.33. The molecule has 1 aliphatic heterocycles. The zero-order valence-electron chi connectivity index (χ0n) is 20.7. The molecule has 2 aromatic heterocycles. The molecule has 0 atom stereocenters. The third-order valence-corrected chi connectivity index (χ3v) is 7.56. The molecule has 3 heterocycles. The first kappa shape index (κ1) is 24.9. The first-order valence-corrected chi connectivity index (χ1v) is 12.9. The lowest BCUT2D eigenvalue weighted by molar-refractivity contribution is -0.111. The van der Waals surface area contributed by atoms with Crippen LogP contribution >= 0.6 is 11.3 Å². The molecule has 9 heteroatoms. The van der Waals surface area contributed by atoms with Crippen molar-refractivity contribution < 1.29 is 19.1 Å². The third-order valence-electron chi connectivity index (χ3n) is 6.46. The smallest absolute Gasteiger partial charge is 0.267 e. The van der Waals surface area contributed by atoms with Crippen molar-refractivity contribution in [3.8, 4) is 0 Å². The molecule has 0 spiro atoms. The van der Waals surface area contributed by atoms with Gasteiger partial charge in [0.15, 0.2) is 5.79 Å². The van der Waals surface area contributed by atoms with Crippen LogP contribution in [0.2, 0.25) is 0 Å². The Kier molecular flexibility index (Phi) is 7.18. The number of ether oxygens (including phenoxy) is 2. The number of nitrogens with one attached hydrogen (secondary N) is 3. The molecule has 1 saturated heterocycles. The maximum atomic E-state index is 13.3. The van der Waals surface area contributed by atoms with E-state index in [0.29, 0.717) is 48.9 Å². The molecule has 190 valence electrons. The van der Waals surface area contributed by atoms with Crippen molar-refractivity contribution in [1.29, 1.82) is 0 Å². The number of carbonyl (C=O) groups is 2. The summed E-state index contributed by atoms with van der Waals surface area (Å²) in [5.74, 6) is -1.14. The Labute approximate surface area is 219 Å². The summed E-state index contributed by atoms with van der Waals surface area (Å²) >= 11 is 1.40. The van der Waals surface area contributed by atoms with Crippen molar-refractivity contribution in [3.05, 3.63) is 93.1 Å². The molecule has 37 heavy (non-hydrogen) atoms. The molecule has 0 bridgehead atoms. The lowest BCUT2D eigenvalue weighted by Crippen LogP contribution is -2.32. The number of carbonyl (C=O) groups excluding carboxylic acids is 2. The first-order valence-electron chi connectivity index (χ1n) is 12.0. The molecule has 0 saturated carbocycles. The Hall–Kier alpha value is -3.79. The Morgan fingerprint density at radius 3 is 2.81 bits per heavy atom. The number of pyridine rings is 1. The second kappa shape index (κ2) is 10.7. The van der Waals surface area contributed by atoms with E-state index in [9.17, 15) is 9.59 Å². The van der Waals surface area contributed by atoms with Crippen LogP contribution in [0.3, 0.4) is 0 Å². The summed E-state index contributed by atoms with van der Waals surface area (Å²) in [5, 5.41) is 12.3. The van der Waals surface area contributed by atoms with E-state index in [1.54, 1.807) is 18.3 Å². The average molecular weight is 517 g/mol. The third kappa shape index (κ3) is 5.20. The molecule has 3 N–H and O–H groups in total. The largest absolute Gasteiger partial charge is 0.379 e. The molecule has 2 aliphatic rings. The van der Waals surface area contributed by atoms with Gasteiger partial charge in [0.25, 0.3) is 5.91 Å². The number of fused-ring (bicyclic) bond motifs is 1. The highest BCUT2D eigenvalue weighted by Crippen LogP contribution is 2.34. The molecule has 1 aromatic carbocycles. The van der Waals surface area contributed by atoms with Crippen LogP contribution in [0.4, 0.5) is 5.69 Å². The number of thiophene rings is 1. The average Bonchev–Trinajstić information content (AvgIpc) is 3.45. The van der Waals surface area contributed by atoms with Crippen LogP contribution in [0, 0.1) is 6.92 Å². The van der Waals surface area contributed by atoms with Gasteiger partial charge in [-0.15, -0.1) is 11.3 Å². The van der Waals surface area contributed by atoms with Gasteiger partial charge in [0, 0.05) is 41.5 Å². The van der Waals surface area contributed by atoms with E-state index in [-0.39, 0.29) is 5.91 Å². The van der Waals surface area contributed by atoms with Crippen molar-refractivity contribution in [3.63, 3.8) is 0 Å². The summed E-state index contributed by atoms with van der Waals surface area (Å²) in [4.78, 5) is 29.6. The number of aromatic nitrogens is 1. The maximum absolute atomic E-state index is 13.3. The molecule has 0 unspecified atom stereocenters. The quantitative estimate of drug-likeness (QED) is 0.380. The predicted octanol–water partition coefficient (Wildman–Crippen LogP) is 4.55. The predicted molar refractivity (Wildman–Crippen MR) is 144 cm³/mol. The van der Waals surface area contributed by atoms with E-state index in [0.717, 1.165) is 33.3 Å². The van der Waals surface area contributed by atoms with Crippen LogP contribution in [0.25, 0.3) is 10.9 Å². The molecular formula is C28H28N4O4S. The van der Waals surface area contributed by atoms with Gasteiger partial charge in [0.1, 0.15) is 4.88 Å². The summed E-state index contributed by atoms with van der Waals surface area (Å²) in [6, 6.07) is 10.0. The van der Waals surface area contributed by atoms with Crippen molar-refractivity contribution in [1.82, 2.24) is 15.6 Å². The van der Waals surface area contributed by atoms with E-state index < -0.39 is 5.79 Å². The molecule has 5 rings (SSSR count). The van der Waals surface area contributed by atoms with Crippen LogP contribution < -0.4 is 16.0 Å². The summed E-state index contributed by atoms with van der Waals surface area (Å²) in [5.41, 5.74) is 5.85. The van der Waals surface area contributed by atoms with Gasteiger partial charge in [0.05, 0.1) is 24.4 Å². The summed E-state index contributed by atoms with van der Waals surface area (Å²) in [6.45, 7) is 5.33. The first-order chi connectivity index (χ1) is 18.0. The van der Waals surface area contributed by atoms with Crippen LogP contribution in [0.1, 0.15) is 34.1 Å². The highest BCUT2D eigenvalue weighted by Gasteiger charge is 2.37. The van der Waals surface area contributed by atoms with E-state index in [1.165, 1.54) is 11.3 Å². The fourth-order valence-electron chi connectivity index (χ4n) is 4.57. The fraction of sp³-hybridized carbons (Fsp3) is 0.250. The zero-order chi connectivity index (χ0) is 25.8. The number of benzene rings is 1. The van der Waals surface area contributed by atoms with Gasteiger partial charge in [-0.3, -0.25) is 14.6 Å². The van der Waals surface area contributed by atoms with Crippen molar-refractivity contribution >= 4 is 40.2 Å². The highest BCUT2D eigenvalue weighted by molar-refractivity contribution is 7.12. The van der Waals surface area contributed by atoms with Gasteiger partial charge in [0.2, 0.25) is 6.41 Å². The summed E-state index contributed by atoms with van der Waals surface area (Å²) in [7, 11) is 0. The Morgan fingerprint density at radius 1 is 1.19 bits per heavy atom. The molecule has 1 aliphatic carbocycles. The van der Waals surface area contributed by atoms with Gasteiger partial charge >= 0.3 is 0 Å². The van der Waals surface area contributed by atoms with Crippen LogP contribution in [0.15, 0.2) is 77.1 Å². The number of rotatable bonds is 8. The minimum Gasteiger partial charge on any atom is -0.379 e. The summed E-state index contributed by atoms with van der Waals surface area (Å²) < 4.78 is 11.6. The second-order valence-electron chi connectivity index (χ2n) is 8.92. The van der Waals surface area contributed by atoms with Gasteiger partial charge in [-0.1, -0.05) is 24.3 Å².